The molecule has 13 heteroatoms. The van der Waals surface area contributed by atoms with E-state index in [0.717, 1.165) is 35.6 Å². The molecular weight excluding hydrogens is 501 g/mol. The minimum Gasteiger partial charge on any atom is -0.487 e. The van der Waals surface area contributed by atoms with Crippen molar-refractivity contribution in [2.75, 3.05) is 0 Å². The van der Waals surface area contributed by atoms with Gasteiger partial charge in [0, 0.05) is 5.56 Å². The predicted molar refractivity (Wildman–Crippen MR) is 104 cm³/mol. The number of alkyl halides is 9. The fourth-order valence-electron chi connectivity index (χ4n) is 2.88. The van der Waals surface area contributed by atoms with Gasteiger partial charge in [-0.3, -0.25) is 0 Å². The first-order valence-corrected chi connectivity index (χ1v) is 10.1. The Morgan fingerprint density at radius 3 is 1.76 bits per heavy atom. The summed E-state index contributed by atoms with van der Waals surface area (Å²) in [5, 5.41) is 10.2. The average Bonchev–Trinajstić information content (AvgIpc) is 3.15. The zero-order chi connectivity index (χ0) is 25.5. The van der Waals surface area contributed by atoms with E-state index in [1.807, 2.05) is 0 Å². The highest BCUT2D eigenvalue weighted by molar-refractivity contribution is 7.15. The molecular formula is C21H14F9NO2S. The largest absolute Gasteiger partial charge is 0.487 e. The van der Waals surface area contributed by atoms with Gasteiger partial charge in [-0.05, 0) is 37.3 Å². The fourth-order valence-corrected chi connectivity index (χ4v) is 3.89. The Labute approximate surface area is 190 Å². The third-order valence-corrected chi connectivity index (χ3v) is 5.82. The Morgan fingerprint density at radius 2 is 1.32 bits per heavy atom. The van der Waals surface area contributed by atoms with Crippen LogP contribution < -0.4 is 4.74 Å². The van der Waals surface area contributed by atoms with E-state index < -0.39 is 53.7 Å². The van der Waals surface area contributed by atoms with E-state index in [9.17, 15) is 44.6 Å². The summed E-state index contributed by atoms with van der Waals surface area (Å²) in [6.45, 7) is 0.759. The van der Waals surface area contributed by atoms with Crippen molar-refractivity contribution in [3.8, 4) is 16.3 Å². The van der Waals surface area contributed by atoms with Gasteiger partial charge < -0.3 is 9.84 Å². The molecule has 0 saturated heterocycles. The summed E-state index contributed by atoms with van der Waals surface area (Å²) in [6.07, 6.45) is -15.8. The predicted octanol–water partition coefficient (Wildman–Crippen LogP) is 7.50. The number of rotatable bonds is 5. The maximum absolute atomic E-state index is 13.0. The van der Waals surface area contributed by atoms with Crippen molar-refractivity contribution < 1.29 is 49.4 Å². The van der Waals surface area contributed by atoms with Crippen molar-refractivity contribution in [2.24, 2.45) is 0 Å². The Morgan fingerprint density at radius 1 is 0.824 bits per heavy atom. The van der Waals surface area contributed by atoms with Gasteiger partial charge in [-0.15, -0.1) is 11.3 Å². The topological polar surface area (TPSA) is 42.4 Å². The standard InChI is InChI=1S/C21H14F9NO2S/c1-10(32)17-16(31-18(34-17)11-2-4-12(5-3-11)19(22,23)24)9-33-15-7-13(20(25,26)27)6-14(8-15)21(28,29)30/h2-8,10,32H,9H2,1H3. The third-order valence-electron chi connectivity index (χ3n) is 4.50. The lowest BCUT2D eigenvalue weighted by Gasteiger charge is -2.15. The van der Waals surface area contributed by atoms with E-state index in [1.165, 1.54) is 6.92 Å². The molecule has 0 aliphatic heterocycles. The van der Waals surface area contributed by atoms with Crippen LogP contribution in [0.3, 0.4) is 0 Å². The molecule has 1 N–H and O–H groups in total. The zero-order valence-corrected chi connectivity index (χ0v) is 17.8. The van der Waals surface area contributed by atoms with Crippen LogP contribution in [0, 0.1) is 0 Å². The second kappa shape index (κ2) is 9.10. The summed E-state index contributed by atoms with van der Waals surface area (Å²) >= 11 is 0.902. The molecule has 0 radical (unpaired) electrons. The van der Waals surface area contributed by atoms with Gasteiger partial charge in [0.2, 0.25) is 0 Å². The minimum absolute atomic E-state index is 0.0147. The molecule has 0 aliphatic carbocycles. The zero-order valence-electron chi connectivity index (χ0n) is 16.9. The molecule has 34 heavy (non-hydrogen) atoms. The third kappa shape index (κ3) is 6.00. The molecule has 1 atom stereocenters. The van der Waals surface area contributed by atoms with Gasteiger partial charge in [0.05, 0.1) is 33.4 Å². The Bertz CT molecular complexity index is 1110. The fraction of sp³-hybridized carbons (Fsp3) is 0.286. The van der Waals surface area contributed by atoms with E-state index in [-0.39, 0.29) is 27.2 Å². The minimum atomic E-state index is -5.06. The average molecular weight is 515 g/mol. The second-order valence-corrected chi connectivity index (χ2v) is 8.14. The van der Waals surface area contributed by atoms with Gasteiger partial charge in [-0.25, -0.2) is 4.98 Å². The van der Waals surface area contributed by atoms with E-state index in [2.05, 4.69) is 4.98 Å². The Hall–Kier alpha value is -2.80. The van der Waals surface area contributed by atoms with Crippen molar-refractivity contribution in [3.05, 3.63) is 69.7 Å². The molecule has 3 nitrogen and oxygen atoms in total. The molecule has 1 heterocycles. The van der Waals surface area contributed by atoms with Crippen LogP contribution in [0.4, 0.5) is 39.5 Å². The smallest absolute Gasteiger partial charge is 0.416 e. The van der Waals surface area contributed by atoms with Crippen molar-refractivity contribution >= 4 is 11.3 Å². The van der Waals surface area contributed by atoms with Crippen molar-refractivity contribution in [1.29, 1.82) is 0 Å². The first kappa shape index (κ1) is 25.8. The number of nitrogens with zero attached hydrogens (tertiary/aromatic N) is 1. The first-order valence-electron chi connectivity index (χ1n) is 9.33. The molecule has 3 aromatic rings. The van der Waals surface area contributed by atoms with Crippen molar-refractivity contribution in [3.63, 3.8) is 0 Å². The lowest BCUT2D eigenvalue weighted by molar-refractivity contribution is -0.143. The summed E-state index contributed by atoms with van der Waals surface area (Å²) in [5.74, 6) is -0.720. The maximum Gasteiger partial charge on any atom is 0.416 e. The normalized spacial score (nSPS) is 13.7. The molecule has 3 rings (SSSR count). The number of thiazole rings is 1. The summed E-state index contributed by atoms with van der Waals surface area (Å²) in [5.41, 5.74) is -3.73. The quantitative estimate of drug-likeness (QED) is 0.358. The Balaban J connectivity index is 1.91. The van der Waals surface area contributed by atoms with E-state index in [4.69, 9.17) is 4.74 Å². The SMILES string of the molecule is CC(O)c1sc(-c2ccc(C(F)(F)F)cc2)nc1COc1cc(C(F)(F)F)cc(C(F)(F)F)c1. The molecule has 0 bridgehead atoms. The lowest BCUT2D eigenvalue weighted by atomic mass is 10.1. The molecule has 0 spiro atoms. The van der Waals surface area contributed by atoms with E-state index in [1.54, 1.807) is 0 Å². The molecule has 0 saturated carbocycles. The van der Waals surface area contributed by atoms with Crippen molar-refractivity contribution in [1.82, 2.24) is 4.98 Å². The lowest BCUT2D eigenvalue weighted by Crippen LogP contribution is -2.11. The highest BCUT2D eigenvalue weighted by Gasteiger charge is 2.37. The number of halogens is 9. The van der Waals surface area contributed by atoms with Gasteiger partial charge in [-0.2, -0.15) is 39.5 Å². The summed E-state index contributed by atoms with van der Waals surface area (Å²) < 4.78 is 122. The molecule has 2 aromatic carbocycles. The number of ether oxygens (including phenoxy) is 1. The van der Waals surface area contributed by atoms with Gasteiger partial charge in [0.1, 0.15) is 17.4 Å². The van der Waals surface area contributed by atoms with E-state index in [0.29, 0.717) is 12.1 Å². The van der Waals surface area contributed by atoms with Crippen molar-refractivity contribution in [2.45, 2.75) is 38.2 Å². The number of hydrogen-bond donors (Lipinski definition) is 1. The second-order valence-electron chi connectivity index (χ2n) is 7.11. The molecule has 0 aliphatic rings. The van der Waals surface area contributed by atoms with Crippen LogP contribution in [0.2, 0.25) is 0 Å². The van der Waals surface area contributed by atoms with Gasteiger partial charge in [-0.1, -0.05) is 12.1 Å². The molecule has 1 aromatic heterocycles. The number of aliphatic hydroxyl groups excluding tert-OH is 1. The van der Waals surface area contributed by atoms with Crippen LogP contribution in [-0.2, 0) is 25.1 Å². The number of aliphatic hydroxyl groups is 1. The number of aromatic nitrogens is 1. The summed E-state index contributed by atoms with van der Waals surface area (Å²) in [4.78, 5) is 4.35. The van der Waals surface area contributed by atoms with Crippen LogP contribution in [0.5, 0.6) is 5.75 Å². The van der Waals surface area contributed by atoms with Crippen LogP contribution in [-0.4, -0.2) is 10.1 Å². The first-order chi connectivity index (χ1) is 15.6. The van der Waals surface area contributed by atoms with Crippen LogP contribution in [0.1, 0.15) is 40.3 Å². The molecule has 0 fully saturated rings. The summed E-state index contributed by atoms with van der Waals surface area (Å²) in [6, 6.07) is 4.73. The molecule has 1 unspecified atom stereocenters. The van der Waals surface area contributed by atoms with E-state index >= 15 is 0 Å². The number of hydrogen-bond acceptors (Lipinski definition) is 4. The highest BCUT2D eigenvalue weighted by Crippen LogP contribution is 2.39. The van der Waals surface area contributed by atoms with Gasteiger partial charge in [0.15, 0.2) is 0 Å². The van der Waals surface area contributed by atoms with Crippen LogP contribution in [0.25, 0.3) is 10.6 Å². The highest BCUT2D eigenvalue weighted by atomic mass is 32.1. The molecule has 0 amide bonds. The maximum atomic E-state index is 13.0. The van der Waals surface area contributed by atoms with Crippen LogP contribution in [0.15, 0.2) is 42.5 Å². The summed E-state index contributed by atoms with van der Waals surface area (Å²) in [7, 11) is 0. The van der Waals surface area contributed by atoms with Crippen LogP contribution >= 0.6 is 11.3 Å². The Kier molecular flexibility index (Phi) is 6.91. The monoisotopic (exact) mass is 515 g/mol. The van der Waals surface area contributed by atoms with Gasteiger partial charge >= 0.3 is 18.5 Å². The van der Waals surface area contributed by atoms with Gasteiger partial charge in [0.25, 0.3) is 0 Å². The molecule has 184 valence electrons. The number of benzene rings is 2.